The number of aliphatic hydroxyl groups excluding tert-OH is 1. The largest absolute Gasteiger partial charge is 0.398 e. The van der Waals surface area contributed by atoms with Crippen LogP contribution in [0.25, 0.3) is 0 Å². The molecule has 3 N–H and O–H groups in total. The van der Waals surface area contributed by atoms with E-state index in [1.165, 1.54) is 0 Å². The van der Waals surface area contributed by atoms with E-state index in [1.54, 1.807) is 0 Å². The molecule has 0 saturated carbocycles. The van der Waals surface area contributed by atoms with E-state index in [-0.39, 0.29) is 5.92 Å². The third-order valence-electron chi connectivity index (χ3n) is 3.12. The summed E-state index contributed by atoms with van der Waals surface area (Å²) in [6.07, 6.45) is 1.31. The van der Waals surface area contributed by atoms with Crippen LogP contribution in [0.15, 0.2) is 22.7 Å². The van der Waals surface area contributed by atoms with E-state index >= 15 is 0 Å². The monoisotopic (exact) mass is 285 g/mol. The number of anilines is 1. The molecule has 1 heterocycles. The van der Waals surface area contributed by atoms with Crippen LogP contribution in [0.4, 0.5) is 5.69 Å². The molecular weight excluding hydrogens is 270 g/mol. The lowest BCUT2D eigenvalue weighted by Gasteiger charge is -2.27. The second kappa shape index (κ2) is 5.17. The molecule has 2 rings (SSSR count). The summed E-state index contributed by atoms with van der Waals surface area (Å²) in [4.78, 5) is 0. The summed E-state index contributed by atoms with van der Waals surface area (Å²) in [7, 11) is 0. The van der Waals surface area contributed by atoms with Gasteiger partial charge in [0, 0.05) is 23.2 Å². The van der Waals surface area contributed by atoms with Crippen LogP contribution in [0.1, 0.15) is 24.5 Å². The highest BCUT2D eigenvalue weighted by molar-refractivity contribution is 9.10. The molecule has 0 radical (unpaired) electrons. The van der Waals surface area contributed by atoms with Gasteiger partial charge in [0.1, 0.15) is 0 Å². The molecule has 3 nitrogen and oxygen atoms in total. The maximum absolute atomic E-state index is 10.3. The van der Waals surface area contributed by atoms with Gasteiger partial charge < -0.3 is 15.6 Å². The van der Waals surface area contributed by atoms with Crippen molar-refractivity contribution in [3.05, 3.63) is 28.2 Å². The van der Waals surface area contributed by atoms with Crippen molar-refractivity contribution in [1.82, 2.24) is 0 Å². The van der Waals surface area contributed by atoms with E-state index in [9.17, 15) is 5.11 Å². The van der Waals surface area contributed by atoms with E-state index in [1.807, 2.05) is 18.2 Å². The highest BCUT2D eigenvalue weighted by Gasteiger charge is 2.25. The Morgan fingerprint density at radius 1 is 1.38 bits per heavy atom. The highest BCUT2D eigenvalue weighted by atomic mass is 79.9. The van der Waals surface area contributed by atoms with Gasteiger partial charge in [0.25, 0.3) is 0 Å². The van der Waals surface area contributed by atoms with Gasteiger partial charge in [0.15, 0.2) is 0 Å². The van der Waals surface area contributed by atoms with Crippen LogP contribution in [0.3, 0.4) is 0 Å². The number of rotatable bonds is 2. The van der Waals surface area contributed by atoms with Crippen molar-refractivity contribution < 1.29 is 9.84 Å². The molecule has 1 unspecified atom stereocenters. The van der Waals surface area contributed by atoms with Gasteiger partial charge in [-0.1, -0.05) is 12.1 Å². The fourth-order valence-electron chi connectivity index (χ4n) is 2.10. The second-order valence-electron chi connectivity index (χ2n) is 4.14. The number of nitrogen functional groups attached to an aromatic ring is 1. The standard InChI is InChI=1S/C12H16BrNO2/c13-10-3-1-2-9(11(10)14)12(15)8-4-6-16-7-5-8/h1-3,8,12,15H,4-7,14H2. The number of para-hydroxylation sites is 1. The minimum absolute atomic E-state index is 0.255. The Bertz CT molecular complexity index is 364. The van der Waals surface area contributed by atoms with E-state index < -0.39 is 6.10 Å². The number of nitrogens with two attached hydrogens (primary N) is 1. The van der Waals surface area contributed by atoms with E-state index in [2.05, 4.69) is 15.9 Å². The minimum atomic E-state index is -0.485. The quantitative estimate of drug-likeness (QED) is 0.821. The van der Waals surface area contributed by atoms with Gasteiger partial charge in [0.05, 0.1) is 11.8 Å². The van der Waals surface area contributed by atoms with Crippen molar-refractivity contribution in [3.8, 4) is 0 Å². The van der Waals surface area contributed by atoms with E-state index in [0.29, 0.717) is 5.69 Å². The third-order valence-corrected chi connectivity index (χ3v) is 3.81. The van der Waals surface area contributed by atoms with Gasteiger partial charge in [-0.2, -0.15) is 0 Å². The maximum Gasteiger partial charge on any atom is 0.0840 e. The Labute approximate surface area is 104 Å². The third kappa shape index (κ3) is 2.39. The molecule has 1 atom stereocenters. The molecule has 1 aromatic carbocycles. The molecule has 4 heteroatoms. The normalized spacial score (nSPS) is 19.6. The fourth-order valence-corrected chi connectivity index (χ4v) is 2.48. The van der Waals surface area contributed by atoms with E-state index in [0.717, 1.165) is 36.1 Å². The lowest BCUT2D eigenvalue weighted by Crippen LogP contribution is -2.22. The number of hydrogen-bond donors (Lipinski definition) is 2. The lowest BCUT2D eigenvalue weighted by molar-refractivity contribution is 0.00744. The molecule has 0 spiro atoms. The van der Waals surface area contributed by atoms with Crippen LogP contribution in [0.2, 0.25) is 0 Å². The van der Waals surface area contributed by atoms with Crippen molar-refractivity contribution in [2.45, 2.75) is 18.9 Å². The highest BCUT2D eigenvalue weighted by Crippen LogP contribution is 2.35. The summed E-state index contributed by atoms with van der Waals surface area (Å²) in [6.45, 7) is 1.46. The number of benzene rings is 1. The Hall–Kier alpha value is -0.580. The number of halogens is 1. The SMILES string of the molecule is Nc1c(Br)cccc1C(O)C1CCOCC1. The molecule has 0 bridgehead atoms. The van der Waals surface area contributed by atoms with Crippen molar-refractivity contribution in [2.24, 2.45) is 5.92 Å². The molecule has 0 amide bonds. The lowest BCUT2D eigenvalue weighted by atomic mass is 9.89. The first-order chi connectivity index (χ1) is 7.70. The molecule has 0 aromatic heterocycles. The van der Waals surface area contributed by atoms with Crippen molar-refractivity contribution in [1.29, 1.82) is 0 Å². The Morgan fingerprint density at radius 2 is 2.06 bits per heavy atom. The smallest absolute Gasteiger partial charge is 0.0840 e. The van der Waals surface area contributed by atoms with Crippen molar-refractivity contribution >= 4 is 21.6 Å². The summed E-state index contributed by atoms with van der Waals surface area (Å²) in [6, 6.07) is 5.67. The van der Waals surface area contributed by atoms with Crippen LogP contribution < -0.4 is 5.73 Å². The first kappa shape index (κ1) is 11.9. The summed E-state index contributed by atoms with van der Waals surface area (Å²) >= 11 is 3.38. The van der Waals surface area contributed by atoms with Crippen molar-refractivity contribution in [3.63, 3.8) is 0 Å². The molecule has 1 aliphatic heterocycles. The molecule has 88 valence electrons. The molecule has 1 fully saturated rings. The van der Waals surface area contributed by atoms with E-state index in [4.69, 9.17) is 10.5 Å². The number of aliphatic hydroxyl groups is 1. The zero-order valence-corrected chi connectivity index (χ0v) is 10.6. The Kier molecular flexibility index (Phi) is 3.84. The van der Waals surface area contributed by atoms with Gasteiger partial charge in [-0.05, 0) is 40.8 Å². The molecule has 16 heavy (non-hydrogen) atoms. The number of hydrogen-bond acceptors (Lipinski definition) is 3. The van der Waals surface area contributed by atoms with Crippen LogP contribution >= 0.6 is 15.9 Å². The first-order valence-corrected chi connectivity index (χ1v) is 6.29. The van der Waals surface area contributed by atoms with Crippen LogP contribution in [-0.4, -0.2) is 18.3 Å². The predicted octanol–water partition coefficient (Wildman–Crippen LogP) is 2.49. The first-order valence-electron chi connectivity index (χ1n) is 5.50. The van der Waals surface area contributed by atoms with Crippen LogP contribution in [0.5, 0.6) is 0 Å². The van der Waals surface area contributed by atoms with Crippen LogP contribution in [-0.2, 0) is 4.74 Å². The van der Waals surface area contributed by atoms with Gasteiger partial charge in [-0.3, -0.25) is 0 Å². The Balaban J connectivity index is 2.19. The summed E-state index contributed by atoms with van der Waals surface area (Å²) in [5, 5.41) is 10.3. The van der Waals surface area contributed by atoms with Gasteiger partial charge in [0.2, 0.25) is 0 Å². The summed E-state index contributed by atoms with van der Waals surface area (Å²) in [5.41, 5.74) is 7.41. The topological polar surface area (TPSA) is 55.5 Å². The molecule has 1 saturated heterocycles. The Morgan fingerprint density at radius 3 is 2.75 bits per heavy atom. The zero-order chi connectivity index (χ0) is 11.5. The zero-order valence-electron chi connectivity index (χ0n) is 9.03. The van der Waals surface area contributed by atoms with Gasteiger partial charge >= 0.3 is 0 Å². The minimum Gasteiger partial charge on any atom is -0.398 e. The average molecular weight is 286 g/mol. The van der Waals surface area contributed by atoms with Crippen LogP contribution in [0, 0.1) is 5.92 Å². The molecule has 1 aliphatic rings. The summed E-state index contributed by atoms with van der Waals surface area (Å²) in [5.74, 6) is 0.255. The number of ether oxygens (including phenoxy) is 1. The molecular formula is C12H16BrNO2. The predicted molar refractivity (Wildman–Crippen MR) is 67.1 cm³/mol. The maximum atomic E-state index is 10.3. The summed E-state index contributed by atoms with van der Waals surface area (Å²) < 4.78 is 6.13. The molecule has 0 aliphatic carbocycles. The molecule has 1 aromatic rings. The second-order valence-corrected chi connectivity index (χ2v) is 4.99. The fraction of sp³-hybridized carbons (Fsp3) is 0.500. The average Bonchev–Trinajstić information content (AvgIpc) is 2.33. The van der Waals surface area contributed by atoms with Gasteiger partial charge in [-0.15, -0.1) is 0 Å². The van der Waals surface area contributed by atoms with Gasteiger partial charge in [-0.25, -0.2) is 0 Å². The van der Waals surface area contributed by atoms with Crippen molar-refractivity contribution in [2.75, 3.05) is 18.9 Å².